The minimum absolute atomic E-state index is 0.0205. The predicted octanol–water partition coefficient (Wildman–Crippen LogP) is 0.801. The molecule has 6 heteroatoms. The van der Waals surface area contributed by atoms with Crippen LogP contribution in [-0.4, -0.2) is 35.6 Å². The van der Waals surface area contributed by atoms with Gasteiger partial charge < -0.3 is 15.2 Å². The van der Waals surface area contributed by atoms with Crippen molar-refractivity contribution in [2.24, 2.45) is 11.8 Å². The van der Waals surface area contributed by atoms with E-state index in [1.165, 1.54) is 0 Å². The number of hydrogen-bond donors (Lipinski definition) is 2. The van der Waals surface area contributed by atoms with Crippen LogP contribution in [0.15, 0.2) is 0 Å². The van der Waals surface area contributed by atoms with Crippen LogP contribution < -0.4 is 5.32 Å². The third-order valence-corrected chi connectivity index (χ3v) is 2.42. The van der Waals surface area contributed by atoms with E-state index >= 15 is 0 Å². The highest BCUT2D eigenvalue weighted by molar-refractivity contribution is 5.85. The van der Waals surface area contributed by atoms with E-state index in [1.807, 2.05) is 0 Å². The summed E-state index contributed by atoms with van der Waals surface area (Å²) in [6.07, 6.45) is 0.0205. The second-order valence-corrected chi connectivity index (χ2v) is 4.44. The summed E-state index contributed by atoms with van der Waals surface area (Å²) in [6.45, 7) is 6.85. The van der Waals surface area contributed by atoms with Gasteiger partial charge in [0.05, 0.1) is 12.5 Å². The number of aliphatic carboxylic acids is 1. The molecule has 0 aromatic rings. The number of nitrogens with one attached hydrogen (secondary N) is 1. The Bertz CT molecular complexity index is 314. The van der Waals surface area contributed by atoms with Gasteiger partial charge in [-0.05, 0) is 13.3 Å². The zero-order valence-corrected chi connectivity index (χ0v) is 11.2. The molecule has 0 aromatic heterocycles. The standard InChI is InChI=1S/C12H21NO5/c1-5-18-12(17)8(4)6-9(11(15)16)13-10(14)7(2)3/h7-9H,5-6H2,1-4H3,(H,13,14)(H,15,16)/t8-,9+/m0/s1. The van der Waals surface area contributed by atoms with Gasteiger partial charge >= 0.3 is 11.9 Å². The predicted molar refractivity (Wildman–Crippen MR) is 64.8 cm³/mol. The van der Waals surface area contributed by atoms with E-state index in [2.05, 4.69) is 5.32 Å². The molecule has 0 fully saturated rings. The molecule has 0 unspecified atom stereocenters. The van der Waals surface area contributed by atoms with E-state index < -0.39 is 23.9 Å². The Labute approximate surface area is 107 Å². The van der Waals surface area contributed by atoms with E-state index in [0.717, 1.165) is 0 Å². The molecule has 1 amide bonds. The summed E-state index contributed by atoms with van der Waals surface area (Å²) in [5, 5.41) is 11.4. The number of rotatable bonds is 7. The van der Waals surface area contributed by atoms with Gasteiger partial charge in [-0.25, -0.2) is 4.79 Å². The van der Waals surface area contributed by atoms with Gasteiger partial charge in [-0.3, -0.25) is 9.59 Å². The van der Waals surface area contributed by atoms with Gasteiger partial charge in [0.2, 0.25) is 5.91 Å². The molecule has 0 saturated heterocycles. The number of amides is 1. The van der Waals surface area contributed by atoms with Gasteiger partial charge in [-0.1, -0.05) is 20.8 Å². The third kappa shape index (κ3) is 5.65. The van der Waals surface area contributed by atoms with Crippen LogP contribution in [-0.2, 0) is 19.1 Å². The fourth-order valence-corrected chi connectivity index (χ4v) is 1.29. The monoisotopic (exact) mass is 259 g/mol. The fraction of sp³-hybridized carbons (Fsp3) is 0.750. The highest BCUT2D eigenvalue weighted by atomic mass is 16.5. The van der Waals surface area contributed by atoms with Crippen LogP contribution in [0.4, 0.5) is 0 Å². The molecule has 18 heavy (non-hydrogen) atoms. The Kier molecular flexibility index (Phi) is 7.00. The van der Waals surface area contributed by atoms with Crippen molar-refractivity contribution in [1.82, 2.24) is 5.32 Å². The van der Waals surface area contributed by atoms with E-state index in [9.17, 15) is 14.4 Å². The Balaban J connectivity index is 4.49. The summed E-state index contributed by atoms with van der Waals surface area (Å²) in [5.41, 5.74) is 0. The van der Waals surface area contributed by atoms with Crippen LogP contribution in [0.2, 0.25) is 0 Å². The van der Waals surface area contributed by atoms with Crippen LogP contribution in [0.3, 0.4) is 0 Å². The maximum Gasteiger partial charge on any atom is 0.326 e. The maximum atomic E-state index is 11.4. The highest BCUT2D eigenvalue weighted by Gasteiger charge is 2.26. The molecule has 0 heterocycles. The normalized spacial score (nSPS) is 13.8. The van der Waals surface area contributed by atoms with Gasteiger partial charge in [0.15, 0.2) is 0 Å². The molecule has 0 aromatic carbocycles. The van der Waals surface area contributed by atoms with E-state index in [-0.39, 0.29) is 24.9 Å². The van der Waals surface area contributed by atoms with E-state index in [1.54, 1.807) is 27.7 Å². The lowest BCUT2D eigenvalue weighted by Crippen LogP contribution is -2.44. The Hall–Kier alpha value is -1.59. The second-order valence-electron chi connectivity index (χ2n) is 4.44. The molecular weight excluding hydrogens is 238 g/mol. The molecule has 0 bridgehead atoms. The van der Waals surface area contributed by atoms with Gasteiger partial charge in [-0.15, -0.1) is 0 Å². The number of carboxylic acids is 1. The zero-order chi connectivity index (χ0) is 14.3. The average molecular weight is 259 g/mol. The molecule has 0 aliphatic carbocycles. The Morgan fingerprint density at radius 1 is 1.22 bits per heavy atom. The lowest BCUT2D eigenvalue weighted by atomic mass is 10.0. The van der Waals surface area contributed by atoms with Crippen molar-refractivity contribution < 1.29 is 24.2 Å². The lowest BCUT2D eigenvalue weighted by Gasteiger charge is -2.19. The van der Waals surface area contributed by atoms with Crippen LogP contribution >= 0.6 is 0 Å². The summed E-state index contributed by atoms with van der Waals surface area (Å²) in [6, 6.07) is -1.07. The molecule has 0 radical (unpaired) electrons. The Morgan fingerprint density at radius 3 is 2.17 bits per heavy atom. The number of hydrogen-bond acceptors (Lipinski definition) is 4. The topological polar surface area (TPSA) is 92.7 Å². The zero-order valence-electron chi connectivity index (χ0n) is 11.2. The van der Waals surface area contributed by atoms with Crippen molar-refractivity contribution >= 4 is 17.8 Å². The molecule has 0 aliphatic rings. The molecule has 6 nitrogen and oxygen atoms in total. The summed E-state index contributed by atoms with van der Waals surface area (Å²) in [4.78, 5) is 33.8. The highest BCUT2D eigenvalue weighted by Crippen LogP contribution is 2.09. The molecule has 104 valence electrons. The van der Waals surface area contributed by atoms with Crippen molar-refractivity contribution in [2.75, 3.05) is 6.61 Å². The summed E-state index contributed by atoms with van der Waals surface area (Å²) >= 11 is 0. The van der Waals surface area contributed by atoms with Crippen molar-refractivity contribution in [3.8, 4) is 0 Å². The van der Waals surface area contributed by atoms with Gasteiger partial charge in [0.1, 0.15) is 6.04 Å². The van der Waals surface area contributed by atoms with Crippen LogP contribution in [0, 0.1) is 11.8 Å². The molecule has 0 spiro atoms. The summed E-state index contributed by atoms with van der Waals surface area (Å²) in [5.74, 6) is -2.83. The van der Waals surface area contributed by atoms with E-state index in [0.29, 0.717) is 0 Å². The minimum atomic E-state index is -1.15. The first-order chi connectivity index (χ1) is 8.29. The van der Waals surface area contributed by atoms with Crippen molar-refractivity contribution in [1.29, 1.82) is 0 Å². The number of carbonyl (C=O) groups excluding carboxylic acids is 2. The molecule has 0 aliphatic heterocycles. The largest absolute Gasteiger partial charge is 0.480 e. The Morgan fingerprint density at radius 2 is 1.78 bits per heavy atom. The quantitative estimate of drug-likeness (QED) is 0.660. The van der Waals surface area contributed by atoms with Crippen LogP contribution in [0.5, 0.6) is 0 Å². The molecular formula is C12H21NO5. The fourth-order valence-electron chi connectivity index (χ4n) is 1.29. The maximum absolute atomic E-state index is 11.4. The first kappa shape index (κ1) is 16.4. The van der Waals surface area contributed by atoms with Crippen molar-refractivity contribution in [2.45, 2.75) is 40.2 Å². The number of ether oxygens (including phenoxy) is 1. The molecule has 0 saturated carbocycles. The first-order valence-corrected chi connectivity index (χ1v) is 5.99. The molecule has 2 atom stereocenters. The lowest BCUT2D eigenvalue weighted by molar-refractivity contribution is -0.149. The smallest absolute Gasteiger partial charge is 0.326 e. The summed E-state index contributed by atoms with van der Waals surface area (Å²) in [7, 11) is 0. The van der Waals surface area contributed by atoms with Crippen molar-refractivity contribution in [3.63, 3.8) is 0 Å². The first-order valence-electron chi connectivity index (χ1n) is 5.99. The SMILES string of the molecule is CCOC(=O)[C@@H](C)C[C@@H](NC(=O)C(C)C)C(=O)O. The van der Waals surface area contributed by atoms with Crippen molar-refractivity contribution in [3.05, 3.63) is 0 Å². The summed E-state index contributed by atoms with van der Waals surface area (Å²) < 4.78 is 4.79. The minimum Gasteiger partial charge on any atom is -0.480 e. The third-order valence-electron chi connectivity index (χ3n) is 2.42. The van der Waals surface area contributed by atoms with E-state index in [4.69, 9.17) is 9.84 Å². The van der Waals surface area contributed by atoms with Gasteiger partial charge in [0.25, 0.3) is 0 Å². The number of carboxylic acid groups (broad SMARTS) is 1. The van der Waals surface area contributed by atoms with Gasteiger partial charge in [0, 0.05) is 5.92 Å². The second kappa shape index (κ2) is 7.68. The van der Waals surface area contributed by atoms with Crippen LogP contribution in [0.1, 0.15) is 34.1 Å². The average Bonchev–Trinajstić information content (AvgIpc) is 2.27. The molecule has 0 rings (SSSR count). The molecule has 2 N–H and O–H groups in total. The number of esters is 1. The number of carbonyl (C=O) groups is 3. The van der Waals surface area contributed by atoms with Crippen LogP contribution in [0.25, 0.3) is 0 Å². The van der Waals surface area contributed by atoms with Gasteiger partial charge in [-0.2, -0.15) is 0 Å².